The molecular weight excluding hydrogens is 356 g/mol. The molecule has 0 saturated heterocycles. The number of fused-ring (bicyclic) bond motifs is 3. The standard InChI is InChI=1S/C23H22O5/c1-4-26-23(25)21-18(15-11-9-14(10-12-15)13(2)3)19-20(28-21)16-7-5-6-8-17(16)27-22(19)24/h5-13,18,21H,4H2,1-3H3/t18-,21-/m1/s1. The average molecular weight is 378 g/mol. The SMILES string of the molecule is CCOC(=O)[C@@H]1Oc2c(c(=O)oc3ccccc23)[C@H]1c1ccc(C(C)C)cc1. The van der Waals surface area contributed by atoms with Crippen LogP contribution in [0.3, 0.4) is 0 Å². The van der Waals surface area contributed by atoms with Crippen LogP contribution in [0.1, 0.15) is 49.3 Å². The highest BCUT2D eigenvalue weighted by Gasteiger charge is 2.45. The summed E-state index contributed by atoms with van der Waals surface area (Å²) in [6.45, 7) is 6.22. The van der Waals surface area contributed by atoms with Gasteiger partial charge in [-0.2, -0.15) is 0 Å². The molecule has 2 aromatic carbocycles. The van der Waals surface area contributed by atoms with Gasteiger partial charge in [-0.05, 0) is 36.1 Å². The normalized spacial score (nSPS) is 18.1. The molecule has 5 nitrogen and oxygen atoms in total. The van der Waals surface area contributed by atoms with Crippen LogP contribution in [0, 0.1) is 0 Å². The Balaban J connectivity index is 1.90. The highest BCUT2D eigenvalue weighted by Crippen LogP contribution is 2.44. The van der Waals surface area contributed by atoms with Crippen molar-refractivity contribution in [2.24, 2.45) is 0 Å². The Hall–Kier alpha value is -3.08. The van der Waals surface area contributed by atoms with Crippen molar-refractivity contribution in [3.05, 3.63) is 75.6 Å². The van der Waals surface area contributed by atoms with Gasteiger partial charge >= 0.3 is 11.6 Å². The molecule has 144 valence electrons. The lowest BCUT2D eigenvalue weighted by Gasteiger charge is -2.18. The zero-order chi connectivity index (χ0) is 19.8. The fourth-order valence-corrected chi connectivity index (χ4v) is 3.72. The summed E-state index contributed by atoms with van der Waals surface area (Å²) in [5.41, 5.74) is 2.32. The summed E-state index contributed by atoms with van der Waals surface area (Å²) in [4.78, 5) is 25.5. The van der Waals surface area contributed by atoms with Gasteiger partial charge in [0, 0.05) is 0 Å². The smallest absolute Gasteiger partial charge is 0.348 e. The van der Waals surface area contributed by atoms with Crippen molar-refractivity contribution in [2.75, 3.05) is 6.61 Å². The number of hydrogen-bond acceptors (Lipinski definition) is 5. The van der Waals surface area contributed by atoms with Gasteiger partial charge < -0.3 is 13.9 Å². The molecule has 0 spiro atoms. The molecule has 28 heavy (non-hydrogen) atoms. The summed E-state index contributed by atoms with van der Waals surface area (Å²) in [5, 5.41) is 0.674. The first-order chi connectivity index (χ1) is 13.5. The molecule has 0 amide bonds. The number of esters is 1. The van der Waals surface area contributed by atoms with E-state index in [0.717, 1.165) is 5.56 Å². The predicted molar refractivity (Wildman–Crippen MR) is 106 cm³/mol. The summed E-state index contributed by atoms with van der Waals surface area (Å²) in [5.74, 6) is -0.268. The monoisotopic (exact) mass is 378 g/mol. The van der Waals surface area contributed by atoms with E-state index in [1.807, 2.05) is 36.4 Å². The van der Waals surface area contributed by atoms with Gasteiger partial charge in [0.25, 0.3) is 0 Å². The second-order valence-corrected chi connectivity index (χ2v) is 7.22. The molecule has 0 unspecified atom stereocenters. The molecule has 0 fully saturated rings. The van der Waals surface area contributed by atoms with E-state index in [0.29, 0.717) is 28.2 Å². The molecule has 0 aliphatic carbocycles. The van der Waals surface area contributed by atoms with Gasteiger partial charge in [-0.1, -0.05) is 50.2 Å². The minimum absolute atomic E-state index is 0.239. The van der Waals surface area contributed by atoms with E-state index in [1.54, 1.807) is 19.1 Å². The highest BCUT2D eigenvalue weighted by atomic mass is 16.6. The largest absolute Gasteiger partial charge is 0.476 e. The van der Waals surface area contributed by atoms with E-state index in [4.69, 9.17) is 13.9 Å². The summed E-state index contributed by atoms with van der Waals surface area (Å²) in [6, 6.07) is 15.1. The molecular formula is C23H22O5. The molecule has 1 aromatic heterocycles. The molecule has 1 aliphatic heterocycles. The van der Waals surface area contributed by atoms with E-state index in [-0.39, 0.29) is 6.61 Å². The molecule has 0 saturated carbocycles. The lowest BCUT2D eigenvalue weighted by atomic mass is 9.87. The van der Waals surface area contributed by atoms with E-state index < -0.39 is 23.6 Å². The topological polar surface area (TPSA) is 65.7 Å². The van der Waals surface area contributed by atoms with Gasteiger partial charge in [-0.25, -0.2) is 9.59 Å². The van der Waals surface area contributed by atoms with Crippen LogP contribution in [-0.2, 0) is 9.53 Å². The molecule has 2 heterocycles. The number of para-hydroxylation sites is 1. The van der Waals surface area contributed by atoms with E-state index in [1.165, 1.54) is 5.56 Å². The van der Waals surface area contributed by atoms with Gasteiger partial charge in [0.05, 0.1) is 23.5 Å². The van der Waals surface area contributed by atoms with Gasteiger partial charge in [0.15, 0.2) is 0 Å². The lowest BCUT2D eigenvalue weighted by molar-refractivity contribution is -0.151. The van der Waals surface area contributed by atoms with Crippen LogP contribution >= 0.6 is 0 Å². The number of carbonyl (C=O) groups is 1. The Morgan fingerprint density at radius 2 is 1.82 bits per heavy atom. The Kier molecular flexibility index (Phi) is 4.67. The Labute approximate surface area is 162 Å². The fourth-order valence-electron chi connectivity index (χ4n) is 3.72. The van der Waals surface area contributed by atoms with Crippen molar-refractivity contribution in [2.45, 2.75) is 38.7 Å². The predicted octanol–water partition coefficient (Wildman–Crippen LogP) is 4.37. The number of benzene rings is 2. The third kappa shape index (κ3) is 2.97. The third-order valence-corrected chi connectivity index (χ3v) is 5.14. The second kappa shape index (κ2) is 7.15. The molecule has 4 rings (SSSR count). The molecule has 0 N–H and O–H groups in total. The number of hydrogen-bond donors (Lipinski definition) is 0. The maximum Gasteiger partial charge on any atom is 0.348 e. The van der Waals surface area contributed by atoms with Gasteiger partial charge in [0.1, 0.15) is 11.3 Å². The van der Waals surface area contributed by atoms with E-state index in [2.05, 4.69) is 13.8 Å². The minimum Gasteiger partial charge on any atom is -0.476 e. The summed E-state index contributed by atoms with van der Waals surface area (Å²) in [6.07, 6.45) is -0.923. The lowest BCUT2D eigenvalue weighted by Crippen LogP contribution is -2.32. The van der Waals surface area contributed by atoms with Crippen molar-refractivity contribution >= 4 is 16.9 Å². The van der Waals surface area contributed by atoms with Gasteiger partial charge in [-0.3, -0.25) is 0 Å². The van der Waals surface area contributed by atoms with Crippen LogP contribution in [0.25, 0.3) is 11.0 Å². The van der Waals surface area contributed by atoms with Crippen molar-refractivity contribution in [1.82, 2.24) is 0 Å². The second-order valence-electron chi connectivity index (χ2n) is 7.22. The van der Waals surface area contributed by atoms with E-state index in [9.17, 15) is 9.59 Å². The first-order valence-corrected chi connectivity index (χ1v) is 9.50. The molecule has 1 aliphatic rings. The summed E-state index contributed by atoms with van der Waals surface area (Å²) >= 11 is 0. The first kappa shape index (κ1) is 18.3. The Bertz CT molecular complexity index is 1080. The maximum atomic E-state index is 12.8. The minimum atomic E-state index is -0.923. The van der Waals surface area contributed by atoms with Crippen LogP contribution in [0.15, 0.2) is 57.7 Å². The van der Waals surface area contributed by atoms with Gasteiger partial charge in [0.2, 0.25) is 6.10 Å². The number of rotatable bonds is 4. The summed E-state index contributed by atoms with van der Waals surface area (Å²) < 4.78 is 16.8. The van der Waals surface area contributed by atoms with E-state index >= 15 is 0 Å². The van der Waals surface area contributed by atoms with Crippen LogP contribution in [-0.4, -0.2) is 18.7 Å². The van der Waals surface area contributed by atoms with Crippen LogP contribution in [0.5, 0.6) is 5.75 Å². The van der Waals surface area contributed by atoms with Crippen LogP contribution < -0.4 is 10.4 Å². The van der Waals surface area contributed by atoms with Crippen molar-refractivity contribution in [3.63, 3.8) is 0 Å². The van der Waals surface area contributed by atoms with Crippen LogP contribution in [0.4, 0.5) is 0 Å². The Morgan fingerprint density at radius 1 is 1.11 bits per heavy atom. The Morgan fingerprint density at radius 3 is 2.50 bits per heavy atom. The fraction of sp³-hybridized carbons (Fsp3) is 0.304. The number of ether oxygens (including phenoxy) is 2. The van der Waals surface area contributed by atoms with Gasteiger partial charge in [-0.15, -0.1) is 0 Å². The van der Waals surface area contributed by atoms with Crippen LogP contribution in [0.2, 0.25) is 0 Å². The quantitative estimate of drug-likeness (QED) is 0.498. The van der Waals surface area contributed by atoms with Crippen molar-refractivity contribution in [1.29, 1.82) is 0 Å². The highest BCUT2D eigenvalue weighted by molar-refractivity contribution is 5.88. The maximum absolute atomic E-state index is 12.8. The molecule has 0 radical (unpaired) electrons. The molecule has 5 heteroatoms. The number of carbonyl (C=O) groups excluding carboxylic acids is 1. The summed E-state index contributed by atoms with van der Waals surface area (Å²) in [7, 11) is 0. The average Bonchev–Trinajstić information content (AvgIpc) is 3.10. The zero-order valence-electron chi connectivity index (χ0n) is 16.1. The van der Waals surface area contributed by atoms with Crippen molar-refractivity contribution < 1.29 is 18.7 Å². The zero-order valence-corrected chi connectivity index (χ0v) is 16.1. The third-order valence-electron chi connectivity index (χ3n) is 5.14. The molecule has 3 aromatic rings. The molecule has 0 bridgehead atoms. The van der Waals surface area contributed by atoms with Crippen molar-refractivity contribution in [3.8, 4) is 5.75 Å². The first-order valence-electron chi connectivity index (χ1n) is 9.50. The molecule has 2 atom stereocenters.